The van der Waals surface area contributed by atoms with Crippen LogP contribution >= 0.6 is 0 Å². The number of methoxy groups -OCH3 is 1. The molecule has 2 aromatic rings. The minimum absolute atomic E-state index is 0.152. The van der Waals surface area contributed by atoms with E-state index in [-0.39, 0.29) is 4.90 Å². The maximum atomic E-state index is 12.3. The van der Waals surface area contributed by atoms with Gasteiger partial charge in [0.05, 0.1) is 7.11 Å². The zero-order chi connectivity index (χ0) is 14.8. The Morgan fingerprint density at radius 2 is 1.55 bits per heavy atom. The van der Waals surface area contributed by atoms with Crippen LogP contribution in [0.3, 0.4) is 0 Å². The predicted molar refractivity (Wildman–Crippen MR) is 76.7 cm³/mol. The van der Waals surface area contributed by atoms with E-state index >= 15 is 0 Å². The molecule has 106 valence electrons. The van der Waals surface area contributed by atoms with Crippen molar-refractivity contribution in [3.63, 3.8) is 0 Å². The molecule has 5 heteroatoms. The molecule has 0 aromatic heterocycles. The van der Waals surface area contributed by atoms with Crippen LogP contribution in [0, 0.1) is 13.8 Å². The molecule has 0 aliphatic heterocycles. The zero-order valence-electron chi connectivity index (χ0n) is 11.6. The van der Waals surface area contributed by atoms with Crippen LogP contribution in [0.5, 0.6) is 11.5 Å². The number of benzene rings is 2. The van der Waals surface area contributed by atoms with Gasteiger partial charge in [0.2, 0.25) is 0 Å². The summed E-state index contributed by atoms with van der Waals surface area (Å²) >= 11 is 0. The summed E-state index contributed by atoms with van der Waals surface area (Å²) in [6, 6.07) is 11.6. The second-order valence-corrected chi connectivity index (χ2v) is 5.88. The molecule has 0 unspecified atom stereocenters. The lowest BCUT2D eigenvalue weighted by molar-refractivity contribution is 0.410. The van der Waals surface area contributed by atoms with Crippen molar-refractivity contribution in [3.05, 3.63) is 53.6 Å². The molecule has 0 aliphatic rings. The molecular weight excluding hydrogens is 276 g/mol. The lowest BCUT2D eigenvalue weighted by Crippen LogP contribution is -2.12. The Morgan fingerprint density at radius 1 is 0.900 bits per heavy atom. The monoisotopic (exact) mass is 292 g/mol. The van der Waals surface area contributed by atoms with Gasteiger partial charge in [0.15, 0.2) is 0 Å². The smallest absolute Gasteiger partial charge is 0.339 e. The van der Waals surface area contributed by atoms with Crippen molar-refractivity contribution in [2.24, 2.45) is 0 Å². The van der Waals surface area contributed by atoms with Gasteiger partial charge in [0, 0.05) is 0 Å². The number of hydrogen-bond acceptors (Lipinski definition) is 4. The minimum atomic E-state index is -3.85. The summed E-state index contributed by atoms with van der Waals surface area (Å²) in [5.41, 5.74) is 1.41. The quantitative estimate of drug-likeness (QED) is 0.813. The van der Waals surface area contributed by atoms with Crippen LogP contribution in [0.1, 0.15) is 11.1 Å². The highest BCUT2D eigenvalue weighted by molar-refractivity contribution is 7.87. The molecule has 2 aromatic carbocycles. The second kappa shape index (κ2) is 5.54. The average molecular weight is 292 g/mol. The van der Waals surface area contributed by atoms with Gasteiger partial charge in [-0.3, -0.25) is 0 Å². The Kier molecular flexibility index (Phi) is 3.99. The van der Waals surface area contributed by atoms with Crippen molar-refractivity contribution in [1.29, 1.82) is 0 Å². The third-order valence-electron chi connectivity index (χ3n) is 3.13. The third kappa shape index (κ3) is 2.77. The van der Waals surface area contributed by atoms with Crippen LogP contribution in [0.15, 0.2) is 47.4 Å². The topological polar surface area (TPSA) is 52.6 Å². The van der Waals surface area contributed by atoms with E-state index in [1.807, 2.05) is 6.92 Å². The normalized spacial score (nSPS) is 11.2. The van der Waals surface area contributed by atoms with E-state index in [1.165, 1.54) is 6.07 Å². The molecule has 4 nitrogen and oxygen atoms in total. The van der Waals surface area contributed by atoms with Crippen molar-refractivity contribution >= 4 is 10.1 Å². The SMILES string of the molecule is COc1ccc(S(=O)(=O)Oc2ccccc2)c(C)c1C. The Hall–Kier alpha value is -2.01. The first-order valence-electron chi connectivity index (χ1n) is 6.09. The number of rotatable bonds is 4. The summed E-state index contributed by atoms with van der Waals surface area (Å²) in [5.74, 6) is 0.946. The van der Waals surface area contributed by atoms with Crippen molar-refractivity contribution < 1.29 is 17.3 Å². The lowest BCUT2D eigenvalue weighted by atomic mass is 10.1. The molecule has 0 radical (unpaired) electrons. The van der Waals surface area contributed by atoms with E-state index in [1.54, 1.807) is 50.4 Å². The summed E-state index contributed by atoms with van der Waals surface area (Å²) in [6.45, 7) is 3.55. The minimum Gasteiger partial charge on any atom is -0.496 e. The molecule has 0 saturated heterocycles. The fourth-order valence-corrected chi connectivity index (χ4v) is 3.13. The fourth-order valence-electron chi connectivity index (χ4n) is 1.91. The molecule has 20 heavy (non-hydrogen) atoms. The summed E-state index contributed by atoms with van der Waals surface area (Å²) < 4.78 is 34.9. The zero-order valence-corrected chi connectivity index (χ0v) is 12.4. The Morgan fingerprint density at radius 3 is 2.15 bits per heavy atom. The van der Waals surface area contributed by atoms with Crippen molar-refractivity contribution in [3.8, 4) is 11.5 Å². The van der Waals surface area contributed by atoms with E-state index in [0.717, 1.165) is 5.56 Å². The Bertz CT molecular complexity index is 706. The van der Waals surface area contributed by atoms with E-state index in [0.29, 0.717) is 17.1 Å². The highest BCUT2D eigenvalue weighted by atomic mass is 32.2. The Balaban J connectivity index is 2.43. The third-order valence-corrected chi connectivity index (χ3v) is 4.52. The summed E-state index contributed by atoms with van der Waals surface area (Å²) in [6.07, 6.45) is 0. The average Bonchev–Trinajstić information content (AvgIpc) is 2.42. The molecule has 0 saturated carbocycles. The van der Waals surface area contributed by atoms with E-state index in [9.17, 15) is 8.42 Å². The molecule has 0 spiro atoms. The first kappa shape index (κ1) is 14.4. The van der Waals surface area contributed by atoms with Gasteiger partial charge in [-0.05, 0) is 49.2 Å². The molecule has 0 N–H and O–H groups in total. The fraction of sp³-hybridized carbons (Fsp3) is 0.200. The van der Waals surface area contributed by atoms with Gasteiger partial charge in [-0.1, -0.05) is 18.2 Å². The first-order valence-corrected chi connectivity index (χ1v) is 7.50. The maximum Gasteiger partial charge on any atom is 0.339 e. The van der Waals surface area contributed by atoms with Crippen molar-refractivity contribution in [2.75, 3.05) is 7.11 Å². The molecule has 2 rings (SSSR count). The predicted octanol–water partition coefficient (Wildman–Crippen LogP) is 3.08. The van der Waals surface area contributed by atoms with Gasteiger partial charge in [0.25, 0.3) is 0 Å². The van der Waals surface area contributed by atoms with Gasteiger partial charge in [0.1, 0.15) is 16.4 Å². The lowest BCUT2D eigenvalue weighted by Gasteiger charge is -2.13. The molecule has 0 aliphatic carbocycles. The Labute approximate surface area is 119 Å². The van der Waals surface area contributed by atoms with Crippen LogP contribution in [0.2, 0.25) is 0 Å². The van der Waals surface area contributed by atoms with Crippen LogP contribution in [-0.4, -0.2) is 15.5 Å². The molecule has 0 amide bonds. The summed E-state index contributed by atoms with van der Waals surface area (Å²) in [5, 5.41) is 0. The number of hydrogen-bond donors (Lipinski definition) is 0. The van der Waals surface area contributed by atoms with Gasteiger partial charge >= 0.3 is 10.1 Å². The van der Waals surface area contributed by atoms with E-state index in [4.69, 9.17) is 8.92 Å². The van der Waals surface area contributed by atoms with E-state index in [2.05, 4.69) is 0 Å². The second-order valence-electron chi connectivity index (χ2n) is 4.37. The van der Waals surface area contributed by atoms with Crippen molar-refractivity contribution in [1.82, 2.24) is 0 Å². The maximum absolute atomic E-state index is 12.3. The number of ether oxygens (including phenoxy) is 1. The molecule has 0 atom stereocenters. The summed E-state index contributed by atoms with van der Waals surface area (Å²) in [7, 11) is -2.30. The van der Waals surface area contributed by atoms with Crippen LogP contribution in [0.4, 0.5) is 0 Å². The molecule has 0 fully saturated rings. The van der Waals surface area contributed by atoms with Crippen LogP contribution in [0.25, 0.3) is 0 Å². The largest absolute Gasteiger partial charge is 0.496 e. The van der Waals surface area contributed by atoms with Gasteiger partial charge in [-0.15, -0.1) is 0 Å². The number of para-hydroxylation sites is 1. The van der Waals surface area contributed by atoms with Gasteiger partial charge in [-0.25, -0.2) is 0 Å². The first-order chi connectivity index (χ1) is 9.45. The highest BCUT2D eigenvalue weighted by Gasteiger charge is 2.21. The molecule has 0 heterocycles. The van der Waals surface area contributed by atoms with Gasteiger partial charge < -0.3 is 8.92 Å². The molecule has 0 bridgehead atoms. The molecular formula is C15H16O4S. The summed E-state index contributed by atoms with van der Waals surface area (Å²) in [4.78, 5) is 0.152. The highest BCUT2D eigenvalue weighted by Crippen LogP contribution is 2.28. The standard InChI is InChI=1S/C15H16O4S/c1-11-12(2)15(10-9-14(11)18-3)20(16,17)19-13-7-5-4-6-8-13/h4-10H,1-3H3. The van der Waals surface area contributed by atoms with Crippen LogP contribution in [-0.2, 0) is 10.1 Å². The van der Waals surface area contributed by atoms with Crippen LogP contribution < -0.4 is 8.92 Å². The van der Waals surface area contributed by atoms with Gasteiger partial charge in [-0.2, -0.15) is 8.42 Å². The van der Waals surface area contributed by atoms with E-state index < -0.39 is 10.1 Å². The van der Waals surface area contributed by atoms with Crippen molar-refractivity contribution in [2.45, 2.75) is 18.7 Å².